The molecule has 0 aliphatic carbocycles. The second-order valence-corrected chi connectivity index (χ2v) is 3.30. The van der Waals surface area contributed by atoms with Crippen molar-refractivity contribution in [3.63, 3.8) is 0 Å². The van der Waals surface area contributed by atoms with Gasteiger partial charge in [-0.05, 0) is 23.3 Å². The van der Waals surface area contributed by atoms with Crippen molar-refractivity contribution in [2.75, 3.05) is 20.8 Å². The molecular formula is C11H14O3. The summed E-state index contributed by atoms with van der Waals surface area (Å²) in [7, 11) is 3.37. The van der Waals surface area contributed by atoms with E-state index in [0.29, 0.717) is 13.2 Å². The maximum atomic E-state index is 5.42. The van der Waals surface area contributed by atoms with Crippen LogP contribution < -0.4 is 4.74 Å². The van der Waals surface area contributed by atoms with Crippen LogP contribution in [0, 0.1) is 0 Å². The molecule has 0 spiro atoms. The zero-order chi connectivity index (χ0) is 9.97. The van der Waals surface area contributed by atoms with E-state index in [-0.39, 0.29) is 6.10 Å². The molecule has 0 saturated carbocycles. The number of rotatable bonds is 2. The molecule has 2 rings (SSSR count). The summed E-state index contributed by atoms with van der Waals surface area (Å²) in [6.07, 6.45) is 0.0599. The predicted molar refractivity (Wildman–Crippen MR) is 52.4 cm³/mol. The first-order chi connectivity index (χ1) is 6.85. The summed E-state index contributed by atoms with van der Waals surface area (Å²) in [6.45, 7) is 1.28. The van der Waals surface area contributed by atoms with Gasteiger partial charge in [-0.3, -0.25) is 0 Å². The third kappa shape index (κ3) is 1.61. The lowest BCUT2D eigenvalue weighted by molar-refractivity contribution is -0.0154. The number of benzene rings is 1. The van der Waals surface area contributed by atoms with E-state index < -0.39 is 0 Å². The van der Waals surface area contributed by atoms with Gasteiger partial charge in [-0.25, -0.2) is 0 Å². The second-order valence-electron chi connectivity index (χ2n) is 3.30. The van der Waals surface area contributed by atoms with Gasteiger partial charge >= 0.3 is 0 Å². The molecule has 1 aromatic carbocycles. The second kappa shape index (κ2) is 3.98. The Kier molecular flexibility index (Phi) is 2.70. The van der Waals surface area contributed by atoms with Gasteiger partial charge in [0.1, 0.15) is 11.9 Å². The van der Waals surface area contributed by atoms with Crippen LogP contribution in [0.4, 0.5) is 0 Å². The lowest BCUT2D eigenvalue weighted by atomic mass is 10.0. The fourth-order valence-corrected chi connectivity index (χ4v) is 1.71. The van der Waals surface area contributed by atoms with E-state index in [0.717, 1.165) is 11.3 Å². The van der Waals surface area contributed by atoms with Crippen LogP contribution in [0.5, 0.6) is 5.75 Å². The van der Waals surface area contributed by atoms with Crippen molar-refractivity contribution in [1.29, 1.82) is 0 Å². The molecule has 1 atom stereocenters. The third-order valence-electron chi connectivity index (χ3n) is 2.51. The molecule has 3 heteroatoms. The molecule has 0 bridgehead atoms. The van der Waals surface area contributed by atoms with Gasteiger partial charge in [-0.15, -0.1) is 0 Å². The van der Waals surface area contributed by atoms with Crippen LogP contribution in [0.25, 0.3) is 0 Å². The fraction of sp³-hybridized carbons (Fsp3) is 0.455. The normalized spacial score (nSPS) is 20.3. The van der Waals surface area contributed by atoms with Crippen LogP contribution in [-0.4, -0.2) is 20.8 Å². The van der Waals surface area contributed by atoms with Gasteiger partial charge < -0.3 is 14.2 Å². The van der Waals surface area contributed by atoms with Gasteiger partial charge in [-0.2, -0.15) is 0 Å². The fourth-order valence-electron chi connectivity index (χ4n) is 1.71. The summed E-state index contributed by atoms with van der Waals surface area (Å²) < 4.78 is 15.9. The van der Waals surface area contributed by atoms with E-state index >= 15 is 0 Å². The number of fused-ring (bicyclic) bond motifs is 1. The Morgan fingerprint density at radius 2 is 2.21 bits per heavy atom. The maximum absolute atomic E-state index is 5.42. The van der Waals surface area contributed by atoms with Gasteiger partial charge in [0.05, 0.1) is 20.3 Å². The molecule has 1 aliphatic heterocycles. The standard InChI is InChI=1S/C11H14O3/c1-12-9-3-4-10-8(5-9)6-14-7-11(10)13-2/h3-5,11H,6-7H2,1-2H3. The van der Waals surface area contributed by atoms with Crippen LogP contribution in [0.3, 0.4) is 0 Å². The number of ether oxygens (including phenoxy) is 3. The highest BCUT2D eigenvalue weighted by Crippen LogP contribution is 2.29. The molecule has 14 heavy (non-hydrogen) atoms. The predicted octanol–water partition coefficient (Wildman–Crippen LogP) is 1.91. The van der Waals surface area contributed by atoms with Crippen molar-refractivity contribution in [3.8, 4) is 5.75 Å². The monoisotopic (exact) mass is 194 g/mol. The topological polar surface area (TPSA) is 27.7 Å². The molecule has 0 aromatic heterocycles. The Hall–Kier alpha value is -1.06. The van der Waals surface area contributed by atoms with E-state index in [1.807, 2.05) is 18.2 Å². The molecule has 76 valence electrons. The molecule has 1 aliphatic rings. The quantitative estimate of drug-likeness (QED) is 0.719. The smallest absolute Gasteiger partial charge is 0.119 e. The average molecular weight is 194 g/mol. The first-order valence-corrected chi connectivity index (χ1v) is 4.62. The Bertz CT molecular complexity index is 322. The highest BCUT2D eigenvalue weighted by molar-refractivity contribution is 5.37. The zero-order valence-electron chi connectivity index (χ0n) is 8.45. The van der Waals surface area contributed by atoms with Crippen molar-refractivity contribution in [2.45, 2.75) is 12.7 Å². The number of methoxy groups -OCH3 is 2. The first kappa shape index (κ1) is 9.49. The molecular weight excluding hydrogens is 180 g/mol. The van der Waals surface area contributed by atoms with Crippen LogP contribution in [0.2, 0.25) is 0 Å². The highest BCUT2D eigenvalue weighted by Gasteiger charge is 2.20. The Labute approximate surface area is 83.6 Å². The molecule has 0 radical (unpaired) electrons. The highest BCUT2D eigenvalue weighted by atomic mass is 16.5. The molecule has 3 nitrogen and oxygen atoms in total. The summed E-state index contributed by atoms with van der Waals surface area (Å²) in [4.78, 5) is 0. The molecule has 0 N–H and O–H groups in total. The van der Waals surface area contributed by atoms with E-state index in [2.05, 4.69) is 0 Å². The Balaban J connectivity index is 2.35. The van der Waals surface area contributed by atoms with Crippen molar-refractivity contribution in [3.05, 3.63) is 29.3 Å². The van der Waals surface area contributed by atoms with Gasteiger partial charge in [-0.1, -0.05) is 6.07 Å². The first-order valence-electron chi connectivity index (χ1n) is 4.62. The Morgan fingerprint density at radius 1 is 1.36 bits per heavy atom. The summed E-state index contributed by atoms with van der Waals surface area (Å²) in [5.74, 6) is 0.865. The van der Waals surface area contributed by atoms with Gasteiger partial charge in [0.15, 0.2) is 0 Å². The molecule has 1 aromatic rings. The molecule has 0 amide bonds. The summed E-state index contributed by atoms with van der Waals surface area (Å²) in [5, 5.41) is 0. The van der Waals surface area contributed by atoms with Gasteiger partial charge in [0.25, 0.3) is 0 Å². The average Bonchev–Trinajstić information content (AvgIpc) is 2.27. The van der Waals surface area contributed by atoms with Crippen LogP contribution in [0.15, 0.2) is 18.2 Å². The van der Waals surface area contributed by atoms with E-state index in [9.17, 15) is 0 Å². The minimum Gasteiger partial charge on any atom is -0.497 e. The Morgan fingerprint density at radius 3 is 2.93 bits per heavy atom. The largest absolute Gasteiger partial charge is 0.497 e. The van der Waals surface area contributed by atoms with Gasteiger partial charge in [0.2, 0.25) is 0 Å². The minimum atomic E-state index is 0.0599. The molecule has 1 heterocycles. The maximum Gasteiger partial charge on any atom is 0.119 e. The van der Waals surface area contributed by atoms with E-state index in [4.69, 9.17) is 14.2 Å². The van der Waals surface area contributed by atoms with Crippen molar-refractivity contribution < 1.29 is 14.2 Å². The third-order valence-corrected chi connectivity index (χ3v) is 2.51. The number of hydrogen-bond acceptors (Lipinski definition) is 3. The zero-order valence-corrected chi connectivity index (χ0v) is 8.45. The lowest BCUT2D eigenvalue weighted by Gasteiger charge is -2.24. The van der Waals surface area contributed by atoms with Crippen molar-refractivity contribution in [1.82, 2.24) is 0 Å². The SMILES string of the molecule is COc1ccc2c(c1)COCC2OC. The molecule has 0 fully saturated rings. The summed E-state index contributed by atoms with van der Waals surface area (Å²) in [5.41, 5.74) is 2.36. The molecule has 0 saturated heterocycles. The van der Waals surface area contributed by atoms with Crippen LogP contribution >= 0.6 is 0 Å². The van der Waals surface area contributed by atoms with E-state index in [1.54, 1.807) is 14.2 Å². The van der Waals surface area contributed by atoms with Crippen LogP contribution in [-0.2, 0) is 16.1 Å². The van der Waals surface area contributed by atoms with Gasteiger partial charge in [0, 0.05) is 7.11 Å². The lowest BCUT2D eigenvalue weighted by Crippen LogP contribution is -2.18. The van der Waals surface area contributed by atoms with Crippen LogP contribution in [0.1, 0.15) is 17.2 Å². The van der Waals surface area contributed by atoms with E-state index in [1.165, 1.54) is 5.56 Å². The van der Waals surface area contributed by atoms with Crippen molar-refractivity contribution in [2.24, 2.45) is 0 Å². The summed E-state index contributed by atoms with van der Waals surface area (Å²) in [6, 6.07) is 6.00. The minimum absolute atomic E-state index is 0.0599. The molecule has 1 unspecified atom stereocenters. The van der Waals surface area contributed by atoms with Crippen molar-refractivity contribution >= 4 is 0 Å². The number of hydrogen-bond donors (Lipinski definition) is 0. The summed E-state index contributed by atoms with van der Waals surface area (Å²) >= 11 is 0.